The quantitative estimate of drug-likeness (QED) is 0.435. The number of nitrogens with zero attached hydrogens (tertiary/aromatic N) is 1. The summed E-state index contributed by atoms with van der Waals surface area (Å²) in [6, 6.07) is 7.36. The van der Waals surface area contributed by atoms with Gasteiger partial charge in [0, 0.05) is 12.0 Å². The standard InChI is InChI=1S/C12H15NO3/c1-3-6-12(14)16-13-9-10-7-4-5-8-11(10)15-2/h4-5,7-9H,3,6H2,1-2H3/b13-9+. The average Bonchev–Trinajstić information content (AvgIpc) is 2.30. The molecular weight excluding hydrogens is 206 g/mol. The van der Waals surface area contributed by atoms with Crippen molar-refractivity contribution in [3.8, 4) is 5.75 Å². The van der Waals surface area contributed by atoms with E-state index in [1.54, 1.807) is 7.11 Å². The van der Waals surface area contributed by atoms with Crippen LogP contribution in [0.3, 0.4) is 0 Å². The SMILES string of the molecule is CCCC(=O)O/N=C/c1ccccc1OC. The number of oxime groups is 1. The van der Waals surface area contributed by atoms with Gasteiger partial charge in [0.2, 0.25) is 0 Å². The summed E-state index contributed by atoms with van der Waals surface area (Å²) in [6.07, 6.45) is 2.60. The molecule has 1 aromatic carbocycles. The molecule has 86 valence electrons. The largest absolute Gasteiger partial charge is 0.496 e. The molecule has 0 aliphatic rings. The van der Waals surface area contributed by atoms with Crippen molar-refractivity contribution in [3.63, 3.8) is 0 Å². The van der Waals surface area contributed by atoms with Crippen LogP contribution in [0.2, 0.25) is 0 Å². The normalized spacial score (nSPS) is 10.4. The van der Waals surface area contributed by atoms with Crippen molar-refractivity contribution < 1.29 is 14.4 Å². The van der Waals surface area contributed by atoms with E-state index in [2.05, 4.69) is 9.99 Å². The van der Waals surface area contributed by atoms with E-state index in [-0.39, 0.29) is 5.97 Å². The highest BCUT2D eigenvalue weighted by atomic mass is 16.7. The van der Waals surface area contributed by atoms with E-state index in [0.717, 1.165) is 12.0 Å². The zero-order valence-corrected chi connectivity index (χ0v) is 9.47. The minimum absolute atomic E-state index is 0.325. The summed E-state index contributed by atoms with van der Waals surface area (Å²) < 4.78 is 5.12. The van der Waals surface area contributed by atoms with Crippen molar-refractivity contribution in [1.29, 1.82) is 0 Å². The number of hydrogen-bond acceptors (Lipinski definition) is 4. The van der Waals surface area contributed by atoms with Gasteiger partial charge in [-0.3, -0.25) is 0 Å². The summed E-state index contributed by atoms with van der Waals surface area (Å²) in [7, 11) is 1.58. The lowest BCUT2D eigenvalue weighted by molar-refractivity contribution is -0.143. The fourth-order valence-electron chi connectivity index (χ4n) is 1.16. The molecule has 0 saturated carbocycles. The fourth-order valence-corrected chi connectivity index (χ4v) is 1.16. The Balaban J connectivity index is 2.58. The molecule has 0 unspecified atom stereocenters. The minimum atomic E-state index is -0.325. The molecule has 0 saturated heterocycles. The smallest absolute Gasteiger partial charge is 0.335 e. The van der Waals surface area contributed by atoms with Crippen molar-refractivity contribution in [3.05, 3.63) is 29.8 Å². The maximum absolute atomic E-state index is 11.0. The summed E-state index contributed by atoms with van der Waals surface area (Å²) in [4.78, 5) is 15.7. The molecule has 0 fully saturated rings. The van der Waals surface area contributed by atoms with Crippen LogP contribution in [0, 0.1) is 0 Å². The Morgan fingerprint density at radius 1 is 1.44 bits per heavy atom. The Kier molecular flexibility index (Phi) is 5.05. The van der Waals surface area contributed by atoms with E-state index in [9.17, 15) is 4.79 Å². The predicted octanol–water partition coefficient (Wildman–Crippen LogP) is 2.37. The lowest BCUT2D eigenvalue weighted by atomic mass is 10.2. The second-order valence-corrected chi connectivity index (χ2v) is 3.19. The van der Waals surface area contributed by atoms with Crippen LogP contribution in [0.1, 0.15) is 25.3 Å². The minimum Gasteiger partial charge on any atom is -0.496 e. The Hall–Kier alpha value is -1.84. The number of hydrogen-bond donors (Lipinski definition) is 0. The summed E-state index contributed by atoms with van der Waals surface area (Å²) in [5.41, 5.74) is 0.772. The van der Waals surface area contributed by atoms with Crippen LogP contribution in [0.25, 0.3) is 0 Å². The number of methoxy groups -OCH3 is 1. The first-order valence-electron chi connectivity index (χ1n) is 5.14. The topological polar surface area (TPSA) is 47.9 Å². The second kappa shape index (κ2) is 6.61. The van der Waals surface area contributed by atoms with E-state index >= 15 is 0 Å². The van der Waals surface area contributed by atoms with Crippen LogP contribution >= 0.6 is 0 Å². The van der Waals surface area contributed by atoms with Crippen LogP contribution in [-0.4, -0.2) is 19.3 Å². The van der Waals surface area contributed by atoms with Crippen LogP contribution in [0.5, 0.6) is 5.75 Å². The van der Waals surface area contributed by atoms with Gasteiger partial charge in [-0.2, -0.15) is 0 Å². The van der Waals surface area contributed by atoms with E-state index in [1.165, 1.54) is 6.21 Å². The number of benzene rings is 1. The number of carbonyl (C=O) groups is 1. The predicted molar refractivity (Wildman–Crippen MR) is 61.6 cm³/mol. The number of ether oxygens (including phenoxy) is 1. The molecule has 0 amide bonds. The third-order valence-corrected chi connectivity index (χ3v) is 1.94. The van der Waals surface area contributed by atoms with Gasteiger partial charge in [0.05, 0.1) is 13.3 Å². The Morgan fingerprint density at radius 2 is 2.19 bits per heavy atom. The highest BCUT2D eigenvalue weighted by Crippen LogP contribution is 2.14. The van der Waals surface area contributed by atoms with Gasteiger partial charge in [-0.05, 0) is 18.6 Å². The van der Waals surface area contributed by atoms with Crippen LogP contribution in [-0.2, 0) is 9.63 Å². The highest BCUT2D eigenvalue weighted by Gasteiger charge is 2.00. The van der Waals surface area contributed by atoms with Crippen molar-refractivity contribution in [2.75, 3.05) is 7.11 Å². The summed E-state index contributed by atoms with van der Waals surface area (Å²) in [5.74, 6) is 0.367. The summed E-state index contributed by atoms with van der Waals surface area (Å²) >= 11 is 0. The molecule has 0 spiro atoms. The summed E-state index contributed by atoms with van der Waals surface area (Å²) in [6.45, 7) is 1.91. The molecule has 0 N–H and O–H groups in total. The van der Waals surface area contributed by atoms with Crippen LogP contribution in [0.4, 0.5) is 0 Å². The van der Waals surface area contributed by atoms with Gasteiger partial charge >= 0.3 is 5.97 Å². The van der Waals surface area contributed by atoms with E-state index in [4.69, 9.17) is 4.74 Å². The van der Waals surface area contributed by atoms with Crippen molar-refractivity contribution >= 4 is 12.2 Å². The second-order valence-electron chi connectivity index (χ2n) is 3.19. The maximum atomic E-state index is 11.0. The average molecular weight is 221 g/mol. The first kappa shape index (κ1) is 12.2. The van der Waals surface area contributed by atoms with Gasteiger partial charge in [0.25, 0.3) is 0 Å². The molecule has 4 nitrogen and oxygen atoms in total. The monoisotopic (exact) mass is 221 g/mol. The Labute approximate surface area is 94.9 Å². The molecule has 0 aliphatic heterocycles. The van der Waals surface area contributed by atoms with Gasteiger partial charge < -0.3 is 9.57 Å². The zero-order chi connectivity index (χ0) is 11.8. The van der Waals surface area contributed by atoms with Gasteiger partial charge in [-0.15, -0.1) is 0 Å². The van der Waals surface area contributed by atoms with Crippen molar-refractivity contribution in [2.24, 2.45) is 5.16 Å². The van der Waals surface area contributed by atoms with Crippen molar-refractivity contribution in [2.45, 2.75) is 19.8 Å². The number of carbonyl (C=O) groups excluding carboxylic acids is 1. The Bertz CT molecular complexity index is 374. The highest BCUT2D eigenvalue weighted by molar-refractivity contribution is 5.83. The maximum Gasteiger partial charge on any atom is 0.335 e. The van der Waals surface area contributed by atoms with Crippen LogP contribution < -0.4 is 4.74 Å². The van der Waals surface area contributed by atoms with Gasteiger partial charge in [-0.25, -0.2) is 4.79 Å². The van der Waals surface area contributed by atoms with Gasteiger partial charge in [0.1, 0.15) is 5.75 Å². The zero-order valence-electron chi connectivity index (χ0n) is 9.47. The lowest BCUT2D eigenvalue weighted by Crippen LogP contribution is -1.99. The van der Waals surface area contributed by atoms with Gasteiger partial charge in [-0.1, -0.05) is 24.2 Å². The van der Waals surface area contributed by atoms with Gasteiger partial charge in [0.15, 0.2) is 0 Å². The third kappa shape index (κ3) is 3.73. The number of para-hydroxylation sites is 1. The summed E-state index contributed by atoms with van der Waals surface area (Å²) in [5, 5.41) is 3.61. The molecule has 1 aromatic rings. The molecular formula is C12H15NO3. The molecule has 0 bridgehead atoms. The first-order valence-corrected chi connectivity index (χ1v) is 5.14. The van der Waals surface area contributed by atoms with E-state index in [1.807, 2.05) is 31.2 Å². The molecule has 0 radical (unpaired) electrons. The number of rotatable bonds is 5. The molecule has 1 rings (SSSR count). The Morgan fingerprint density at radius 3 is 2.88 bits per heavy atom. The lowest BCUT2D eigenvalue weighted by Gasteiger charge is -2.02. The molecule has 0 aliphatic carbocycles. The molecule has 0 atom stereocenters. The van der Waals surface area contributed by atoms with Crippen LogP contribution in [0.15, 0.2) is 29.4 Å². The fraction of sp³-hybridized carbons (Fsp3) is 0.333. The molecule has 0 heterocycles. The first-order chi connectivity index (χ1) is 7.77. The molecule has 16 heavy (non-hydrogen) atoms. The van der Waals surface area contributed by atoms with Crippen molar-refractivity contribution in [1.82, 2.24) is 0 Å². The van der Waals surface area contributed by atoms with E-state index in [0.29, 0.717) is 12.2 Å². The molecule has 4 heteroatoms. The third-order valence-electron chi connectivity index (χ3n) is 1.94. The molecule has 0 aromatic heterocycles. The van der Waals surface area contributed by atoms with E-state index < -0.39 is 0 Å².